The second kappa shape index (κ2) is 6.54. The summed E-state index contributed by atoms with van der Waals surface area (Å²) in [5, 5.41) is 7.11. The molecule has 1 aromatic heterocycles. The fraction of sp³-hybridized carbons (Fsp3) is 0.500. The molecule has 4 rings (SSSR count). The highest BCUT2D eigenvalue weighted by atomic mass is 32.2. The van der Waals surface area contributed by atoms with Crippen molar-refractivity contribution in [3.8, 4) is 0 Å². The molecule has 0 saturated carbocycles. The van der Waals surface area contributed by atoms with E-state index in [-0.39, 0.29) is 29.6 Å². The summed E-state index contributed by atoms with van der Waals surface area (Å²) < 4.78 is 24.8. The number of rotatable bonds is 3. The zero-order valence-electron chi connectivity index (χ0n) is 13.6. The summed E-state index contributed by atoms with van der Waals surface area (Å²) in [7, 11) is -3.07. The molecule has 2 aromatic rings. The summed E-state index contributed by atoms with van der Waals surface area (Å²) in [6, 6.07) is 7.38. The molecule has 2 saturated heterocycles. The van der Waals surface area contributed by atoms with E-state index in [0.29, 0.717) is 26.1 Å². The van der Waals surface area contributed by atoms with Gasteiger partial charge >= 0.3 is 6.03 Å². The third kappa shape index (κ3) is 3.49. The molecular weight excluding hydrogens is 360 g/mol. The zero-order valence-corrected chi connectivity index (χ0v) is 15.3. The lowest BCUT2D eigenvalue weighted by atomic mass is 10.1. The average Bonchev–Trinajstić information content (AvgIpc) is 3.12. The first-order valence-corrected chi connectivity index (χ1v) is 11.0. The van der Waals surface area contributed by atoms with Gasteiger partial charge in [-0.15, -0.1) is 11.3 Å². The Balaban J connectivity index is 1.35. The third-order valence-electron chi connectivity index (χ3n) is 4.70. The number of para-hydroxylation sites is 1. The van der Waals surface area contributed by atoms with Crippen molar-refractivity contribution in [1.29, 1.82) is 0 Å². The number of piperazine rings is 1. The minimum atomic E-state index is -3.07. The smallest absolute Gasteiger partial charge is 0.317 e. The van der Waals surface area contributed by atoms with Gasteiger partial charge in [-0.05, 0) is 12.1 Å². The Morgan fingerprint density at radius 2 is 2.20 bits per heavy atom. The lowest BCUT2D eigenvalue weighted by Gasteiger charge is -2.37. The summed E-state index contributed by atoms with van der Waals surface area (Å²) in [6.45, 7) is 1.65. The van der Waals surface area contributed by atoms with Gasteiger partial charge in [0.1, 0.15) is 0 Å². The maximum absolute atomic E-state index is 12.5. The lowest BCUT2D eigenvalue weighted by molar-refractivity contribution is 0.151. The van der Waals surface area contributed by atoms with Crippen LogP contribution in [0.25, 0.3) is 10.2 Å². The number of thiazole rings is 1. The van der Waals surface area contributed by atoms with E-state index in [9.17, 15) is 13.2 Å². The van der Waals surface area contributed by atoms with E-state index < -0.39 is 9.84 Å². The van der Waals surface area contributed by atoms with Crippen LogP contribution in [0.2, 0.25) is 0 Å². The molecule has 2 fully saturated rings. The van der Waals surface area contributed by atoms with Crippen LogP contribution >= 0.6 is 11.3 Å². The lowest BCUT2D eigenvalue weighted by Crippen LogP contribution is -2.61. The van der Waals surface area contributed by atoms with Gasteiger partial charge in [0.05, 0.1) is 32.8 Å². The standard InChI is InChI=1S/C16H20N4O3S2/c21-16(20-8-7-17-12-9-25(22,23)10-13(12)20)18-6-5-15-19-11-3-1-2-4-14(11)24-15/h1-4,12-13,17H,5-10H2,(H,18,21). The van der Waals surface area contributed by atoms with E-state index in [4.69, 9.17) is 0 Å². The first-order valence-electron chi connectivity index (χ1n) is 8.34. The Morgan fingerprint density at radius 1 is 1.36 bits per heavy atom. The highest BCUT2D eigenvalue weighted by molar-refractivity contribution is 7.91. The normalized spacial score (nSPS) is 25.0. The van der Waals surface area contributed by atoms with E-state index >= 15 is 0 Å². The number of hydrogen-bond acceptors (Lipinski definition) is 6. The molecule has 3 heterocycles. The minimum absolute atomic E-state index is 0.0515. The van der Waals surface area contributed by atoms with Gasteiger partial charge in [0.25, 0.3) is 0 Å². The summed E-state index contributed by atoms with van der Waals surface area (Å²) >= 11 is 1.63. The number of amides is 2. The number of fused-ring (bicyclic) bond motifs is 2. The molecule has 0 bridgehead atoms. The van der Waals surface area contributed by atoms with Gasteiger partial charge in [-0.3, -0.25) is 0 Å². The van der Waals surface area contributed by atoms with Gasteiger partial charge in [-0.2, -0.15) is 0 Å². The van der Waals surface area contributed by atoms with Crippen molar-refractivity contribution in [3.63, 3.8) is 0 Å². The number of aromatic nitrogens is 1. The van der Waals surface area contributed by atoms with E-state index in [1.165, 1.54) is 0 Å². The highest BCUT2D eigenvalue weighted by Gasteiger charge is 2.44. The van der Waals surface area contributed by atoms with Crippen LogP contribution in [0.4, 0.5) is 4.79 Å². The molecule has 0 aliphatic carbocycles. The first-order chi connectivity index (χ1) is 12.0. The van der Waals surface area contributed by atoms with Gasteiger partial charge in [0.15, 0.2) is 9.84 Å². The number of urea groups is 1. The molecule has 2 atom stereocenters. The molecule has 2 aliphatic heterocycles. The van der Waals surface area contributed by atoms with Crippen molar-refractivity contribution in [1.82, 2.24) is 20.5 Å². The molecular formula is C16H20N4O3S2. The zero-order chi connectivity index (χ0) is 17.4. The molecule has 134 valence electrons. The Kier molecular flexibility index (Phi) is 4.38. The monoisotopic (exact) mass is 380 g/mol. The van der Waals surface area contributed by atoms with Crippen LogP contribution in [0.3, 0.4) is 0 Å². The van der Waals surface area contributed by atoms with E-state index in [1.807, 2.05) is 24.3 Å². The summed E-state index contributed by atoms with van der Waals surface area (Å²) in [4.78, 5) is 18.7. The number of carbonyl (C=O) groups is 1. The van der Waals surface area contributed by atoms with Crippen molar-refractivity contribution in [2.45, 2.75) is 18.5 Å². The number of benzene rings is 1. The van der Waals surface area contributed by atoms with E-state index in [1.54, 1.807) is 16.2 Å². The quantitative estimate of drug-likeness (QED) is 0.815. The van der Waals surface area contributed by atoms with Gasteiger partial charge in [0.2, 0.25) is 0 Å². The Hall–Kier alpha value is -1.71. The van der Waals surface area contributed by atoms with Crippen LogP contribution in [0.5, 0.6) is 0 Å². The largest absolute Gasteiger partial charge is 0.338 e. The second-order valence-corrected chi connectivity index (χ2v) is 9.72. The van der Waals surface area contributed by atoms with Crippen molar-refractivity contribution in [2.24, 2.45) is 0 Å². The highest BCUT2D eigenvalue weighted by Crippen LogP contribution is 2.22. The molecule has 2 amide bonds. The molecule has 2 aliphatic rings. The molecule has 25 heavy (non-hydrogen) atoms. The first kappa shape index (κ1) is 16.7. The van der Waals surface area contributed by atoms with Crippen LogP contribution in [0, 0.1) is 0 Å². The predicted molar refractivity (Wildman–Crippen MR) is 97.7 cm³/mol. The van der Waals surface area contributed by atoms with Gasteiger partial charge in [0, 0.05) is 32.1 Å². The fourth-order valence-electron chi connectivity index (χ4n) is 3.52. The van der Waals surface area contributed by atoms with Crippen molar-refractivity contribution < 1.29 is 13.2 Å². The van der Waals surface area contributed by atoms with Crippen LogP contribution in [0.1, 0.15) is 5.01 Å². The molecule has 0 spiro atoms. The Labute approximate surface area is 150 Å². The van der Waals surface area contributed by atoms with Crippen molar-refractivity contribution >= 4 is 37.4 Å². The molecule has 0 radical (unpaired) electrons. The SMILES string of the molecule is O=C(NCCc1nc2ccccc2s1)N1CCNC2CS(=O)(=O)CC21. The number of nitrogens with one attached hydrogen (secondary N) is 2. The van der Waals surface area contributed by atoms with E-state index in [2.05, 4.69) is 15.6 Å². The predicted octanol–water partition coefficient (Wildman–Crippen LogP) is 0.619. The number of sulfone groups is 1. The Morgan fingerprint density at radius 3 is 3.04 bits per heavy atom. The summed E-state index contributed by atoms with van der Waals surface area (Å²) in [6.07, 6.45) is 0.670. The maximum atomic E-state index is 12.5. The molecule has 2 N–H and O–H groups in total. The third-order valence-corrected chi connectivity index (χ3v) is 7.51. The fourth-order valence-corrected chi connectivity index (χ4v) is 6.45. The summed E-state index contributed by atoms with van der Waals surface area (Å²) in [5.41, 5.74) is 0.981. The molecule has 9 heteroatoms. The van der Waals surface area contributed by atoms with E-state index in [0.717, 1.165) is 15.2 Å². The number of hydrogen-bond donors (Lipinski definition) is 2. The topological polar surface area (TPSA) is 91.4 Å². The van der Waals surface area contributed by atoms with Crippen LogP contribution in [-0.4, -0.2) is 67.6 Å². The molecule has 7 nitrogen and oxygen atoms in total. The van der Waals surface area contributed by atoms with Crippen LogP contribution < -0.4 is 10.6 Å². The number of nitrogens with zero attached hydrogens (tertiary/aromatic N) is 2. The maximum Gasteiger partial charge on any atom is 0.317 e. The summed E-state index contributed by atoms with van der Waals surface area (Å²) in [5.74, 6) is 0.170. The van der Waals surface area contributed by atoms with Crippen LogP contribution in [-0.2, 0) is 16.3 Å². The van der Waals surface area contributed by atoms with Crippen molar-refractivity contribution in [3.05, 3.63) is 29.3 Å². The number of carbonyl (C=O) groups excluding carboxylic acids is 1. The molecule has 2 unspecified atom stereocenters. The minimum Gasteiger partial charge on any atom is -0.338 e. The van der Waals surface area contributed by atoms with Gasteiger partial charge in [-0.1, -0.05) is 12.1 Å². The van der Waals surface area contributed by atoms with Gasteiger partial charge in [-0.25, -0.2) is 18.2 Å². The van der Waals surface area contributed by atoms with Crippen molar-refractivity contribution in [2.75, 3.05) is 31.1 Å². The molecule has 1 aromatic carbocycles. The van der Waals surface area contributed by atoms with Gasteiger partial charge < -0.3 is 15.5 Å². The Bertz CT molecular complexity index is 863. The van der Waals surface area contributed by atoms with Crippen LogP contribution in [0.15, 0.2) is 24.3 Å². The second-order valence-electron chi connectivity index (χ2n) is 6.46. The average molecular weight is 380 g/mol.